The molecule has 0 saturated heterocycles. The van der Waals surface area contributed by atoms with Crippen molar-refractivity contribution in [2.24, 2.45) is 5.73 Å². The Morgan fingerprint density at radius 2 is 2.00 bits per heavy atom. The number of benzene rings is 1. The van der Waals surface area contributed by atoms with Crippen LogP contribution in [0.2, 0.25) is 0 Å². The van der Waals surface area contributed by atoms with Crippen LogP contribution in [0.15, 0.2) is 36.5 Å². The zero-order chi connectivity index (χ0) is 11.4. The third-order valence-electron chi connectivity index (χ3n) is 3.15. The highest BCUT2D eigenvalue weighted by atomic mass is 19.3. The summed E-state index contributed by atoms with van der Waals surface area (Å²) in [5, 5.41) is 0.929. The molecular formula is C12H10F2N2. The summed E-state index contributed by atoms with van der Waals surface area (Å²) in [6.07, 6.45) is 1.36. The zero-order valence-electron chi connectivity index (χ0n) is 8.45. The van der Waals surface area contributed by atoms with E-state index in [0.29, 0.717) is 11.1 Å². The lowest BCUT2D eigenvalue weighted by atomic mass is 10.0. The van der Waals surface area contributed by atoms with Crippen molar-refractivity contribution in [2.45, 2.75) is 17.9 Å². The number of halogens is 2. The maximum Gasteiger partial charge on any atom is 0.272 e. The van der Waals surface area contributed by atoms with E-state index in [0.717, 1.165) is 5.39 Å². The number of alkyl halides is 2. The molecule has 1 aromatic heterocycles. The van der Waals surface area contributed by atoms with E-state index in [1.54, 1.807) is 24.4 Å². The number of fused-ring (bicyclic) bond motifs is 1. The van der Waals surface area contributed by atoms with Crippen molar-refractivity contribution in [2.75, 3.05) is 0 Å². The molecule has 0 spiro atoms. The monoisotopic (exact) mass is 220 g/mol. The van der Waals surface area contributed by atoms with Crippen LogP contribution in [-0.2, 0) is 5.54 Å². The van der Waals surface area contributed by atoms with Gasteiger partial charge in [0, 0.05) is 18.0 Å². The van der Waals surface area contributed by atoms with Crippen LogP contribution < -0.4 is 5.73 Å². The molecule has 0 amide bonds. The molecule has 1 aliphatic carbocycles. The van der Waals surface area contributed by atoms with E-state index in [4.69, 9.17) is 5.73 Å². The molecule has 1 saturated carbocycles. The Hall–Kier alpha value is -1.55. The summed E-state index contributed by atoms with van der Waals surface area (Å²) in [6.45, 7) is 0. The molecule has 2 aromatic rings. The topological polar surface area (TPSA) is 38.9 Å². The summed E-state index contributed by atoms with van der Waals surface area (Å²) in [5.74, 6) is -2.78. The summed E-state index contributed by atoms with van der Waals surface area (Å²) in [7, 11) is 0. The van der Waals surface area contributed by atoms with Crippen molar-refractivity contribution < 1.29 is 8.78 Å². The van der Waals surface area contributed by atoms with Gasteiger partial charge in [-0.15, -0.1) is 0 Å². The van der Waals surface area contributed by atoms with Gasteiger partial charge >= 0.3 is 0 Å². The summed E-state index contributed by atoms with van der Waals surface area (Å²) in [4.78, 5) is 4.13. The highest BCUT2D eigenvalue weighted by Gasteiger charge is 2.69. The van der Waals surface area contributed by atoms with E-state index in [9.17, 15) is 8.78 Å². The van der Waals surface area contributed by atoms with Gasteiger partial charge in [-0.2, -0.15) is 0 Å². The lowest BCUT2D eigenvalue weighted by Gasteiger charge is -2.11. The van der Waals surface area contributed by atoms with Gasteiger partial charge in [0.1, 0.15) is 5.54 Å². The van der Waals surface area contributed by atoms with Crippen LogP contribution >= 0.6 is 0 Å². The normalized spacial score (nSPS) is 26.9. The molecule has 2 nitrogen and oxygen atoms in total. The molecule has 0 radical (unpaired) electrons. The Bertz CT molecular complexity index is 568. The van der Waals surface area contributed by atoms with Gasteiger partial charge in [0.05, 0.1) is 5.52 Å². The molecular weight excluding hydrogens is 210 g/mol. The molecule has 0 aliphatic heterocycles. The number of pyridine rings is 1. The van der Waals surface area contributed by atoms with Gasteiger partial charge in [-0.05, 0) is 17.7 Å². The van der Waals surface area contributed by atoms with Gasteiger partial charge in [-0.1, -0.05) is 18.2 Å². The van der Waals surface area contributed by atoms with Crippen LogP contribution in [0.3, 0.4) is 0 Å². The Balaban J connectivity index is 2.14. The van der Waals surface area contributed by atoms with Gasteiger partial charge in [-0.3, -0.25) is 4.98 Å². The second-order valence-electron chi connectivity index (χ2n) is 4.26. The molecule has 1 aliphatic rings. The third-order valence-corrected chi connectivity index (χ3v) is 3.15. The molecule has 2 N–H and O–H groups in total. The van der Waals surface area contributed by atoms with Crippen LogP contribution in [0.4, 0.5) is 8.78 Å². The molecule has 4 heteroatoms. The highest BCUT2D eigenvalue weighted by molar-refractivity contribution is 5.79. The fraction of sp³-hybridized carbons (Fsp3) is 0.250. The van der Waals surface area contributed by atoms with E-state index in [2.05, 4.69) is 4.98 Å². The van der Waals surface area contributed by atoms with Crippen molar-refractivity contribution in [1.29, 1.82) is 0 Å². The average Bonchev–Trinajstić information content (AvgIpc) is 2.79. The molecule has 82 valence electrons. The number of hydrogen-bond donors (Lipinski definition) is 1. The van der Waals surface area contributed by atoms with E-state index in [-0.39, 0.29) is 6.42 Å². The molecule has 0 bridgehead atoms. The number of nitrogens with zero attached hydrogens (tertiary/aromatic N) is 1. The Morgan fingerprint density at radius 3 is 2.69 bits per heavy atom. The number of hydrogen-bond acceptors (Lipinski definition) is 2. The molecule has 3 rings (SSSR count). The first-order valence-electron chi connectivity index (χ1n) is 5.05. The standard InChI is InChI=1S/C12H10F2N2/c13-12(14)7-11(12,15)9-4-3-8-2-1-5-16-10(8)6-9/h1-6H,7,15H2. The molecule has 1 unspecified atom stereocenters. The first-order valence-corrected chi connectivity index (χ1v) is 5.05. The number of aromatic nitrogens is 1. The van der Waals surface area contributed by atoms with E-state index in [1.807, 2.05) is 12.1 Å². The van der Waals surface area contributed by atoms with Crippen LogP contribution in [0.1, 0.15) is 12.0 Å². The molecule has 1 aromatic carbocycles. The quantitative estimate of drug-likeness (QED) is 0.801. The van der Waals surface area contributed by atoms with Gasteiger partial charge < -0.3 is 5.73 Å². The molecule has 1 atom stereocenters. The Morgan fingerprint density at radius 1 is 1.25 bits per heavy atom. The largest absolute Gasteiger partial charge is 0.316 e. The Labute approximate surface area is 91.1 Å². The van der Waals surface area contributed by atoms with Gasteiger partial charge in [0.25, 0.3) is 5.92 Å². The fourth-order valence-corrected chi connectivity index (χ4v) is 1.96. The lowest BCUT2D eigenvalue weighted by molar-refractivity contribution is 0.0891. The number of nitrogens with two attached hydrogens (primary N) is 1. The van der Waals surface area contributed by atoms with Crippen molar-refractivity contribution in [3.63, 3.8) is 0 Å². The predicted molar refractivity (Wildman–Crippen MR) is 57.2 cm³/mol. The molecule has 16 heavy (non-hydrogen) atoms. The maximum atomic E-state index is 13.1. The second kappa shape index (κ2) is 2.77. The van der Waals surface area contributed by atoms with Crippen molar-refractivity contribution in [3.05, 3.63) is 42.1 Å². The first kappa shape index (κ1) is 9.66. The predicted octanol–water partition coefficient (Wildman–Crippen LogP) is 2.43. The minimum absolute atomic E-state index is 0.279. The lowest BCUT2D eigenvalue weighted by Crippen LogP contribution is -2.27. The van der Waals surface area contributed by atoms with Crippen molar-refractivity contribution in [1.82, 2.24) is 4.98 Å². The summed E-state index contributed by atoms with van der Waals surface area (Å²) < 4.78 is 26.2. The average molecular weight is 220 g/mol. The van der Waals surface area contributed by atoms with Gasteiger partial charge in [0.15, 0.2) is 0 Å². The molecule has 1 fully saturated rings. The smallest absolute Gasteiger partial charge is 0.272 e. The van der Waals surface area contributed by atoms with Crippen molar-refractivity contribution >= 4 is 10.9 Å². The summed E-state index contributed by atoms with van der Waals surface area (Å²) in [6, 6.07) is 8.79. The van der Waals surface area contributed by atoms with Gasteiger partial charge in [0.2, 0.25) is 0 Å². The van der Waals surface area contributed by atoms with Gasteiger partial charge in [-0.25, -0.2) is 8.78 Å². The maximum absolute atomic E-state index is 13.1. The fourth-order valence-electron chi connectivity index (χ4n) is 1.96. The highest BCUT2D eigenvalue weighted by Crippen LogP contribution is 2.57. The number of rotatable bonds is 1. The SMILES string of the molecule is NC1(c2ccc3cccnc3c2)CC1(F)F. The van der Waals surface area contributed by atoms with Crippen LogP contribution in [0.25, 0.3) is 10.9 Å². The van der Waals surface area contributed by atoms with Crippen molar-refractivity contribution in [3.8, 4) is 0 Å². The minimum Gasteiger partial charge on any atom is -0.316 e. The minimum atomic E-state index is -2.78. The Kier molecular flexibility index (Phi) is 1.67. The van der Waals surface area contributed by atoms with Crippen LogP contribution in [0.5, 0.6) is 0 Å². The summed E-state index contributed by atoms with van der Waals surface area (Å²) >= 11 is 0. The van der Waals surface area contributed by atoms with E-state index >= 15 is 0 Å². The summed E-state index contributed by atoms with van der Waals surface area (Å²) in [5.41, 5.74) is 5.33. The van der Waals surface area contributed by atoms with E-state index < -0.39 is 11.5 Å². The van der Waals surface area contributed by atoms with Crippen LogP contribution in [-0.4, -0.2) is 10.9 Å². The van der Waals surface area contributed by atoms with Crippen LogP contribution in [0, 0.1) is 0 Å². The second-order valence-corrected chi connectivity index (χ2v) is 4.26. The van der Waals surface area contributed by atoms with E-state index in [1.165, 1.54) is 0 Å². The molecule has 1 heterocycles. The zero-order valence-corrected chi connectivity index (χ0v) is 8.45. The third kappa shape index (κ3) is 1.16. The first-order chi connectivity index (χ1) is 7.53.